The van der Waals surface area contributed by atoms with E-state index in [0.29, 0.717) is 17.0 Å². The fraction of sp³-hybridized carbons (Fsp3) is 0.571. The Morgan fingerprint density at radius 2 is 1.69 bits per heavy atom. The largest absolute Gasteiger partial charge is 0.473 e. The average molecular weight is 729 g/mol. The number of halogens is 4. The number of aliphatic hydroxyl groups excluding tert-OH is 1. The van der Waals surface area contributed by atoms with Crippen LogP contribution in [0.15, 0.2) is 48.8 Å². The molecule has 0 spiro atoms. The molecule has 2 heterocycles. The summed E-state index contributed by atoms with van der Waals surface area (Å²) in [4.78, 5) is 17.3. The van der Waals surface area contributed by atoms with Gasteiger partial charge in [0.15, 0.2) is 5.82 Å². The molecule has 52 heavy (non-hydrogen) atoms. The number of hydrogen-bond acceptors (Lipinski definition) is 6. The van der Waals surface area contributed by atoms with Crippen LogP contribution < -0.4 is 4.74 Å². The third-order valence-corrected chi connectivity index (χ3v) is 9.24. The molecule has 10 heteroatoms. The minimum atomic E-state index is -2.63. The fourth-order valence-corrected chi connectivity index (χ4v) is 5.09. The lowest BCUT2D eigenvalue weighted by Crippen LogP contribution is -2.10. The number of unbranched alkanes of at least 4 members (excludes halogenated alkanes) is 1. The number of rotatable bonds is 13. The molecule has 1 N–H and O–H groups in total. The molecular formula is C42H60F4N4O2. The molecule has 5 rings (SSSR count). The van der Waals surface area contributed by atoms with Gasteiger partial charge in [-0.1, -0.05) is 83.4 Å². The second kappa shape index (κ2) is 21.8. The standard InChI is InChI=1S/C25H26F2N4O2.C7H14.C6H10F2.C4H10/c1-14(2)19-7-4-16(8-15(19)3)12-33-22-9-18(11-32)30-25(31-22)23-20(10-21(26)27)28-13-29-24(23)17-5-6-17;1-3-6(2)7-4-5-7;1-4-5(2)6(3,7)8;1-3-4-2/h4,7-9,13,17,21,32H,1,5-6,10-12H2,2-3H3;6-7H,3-5H2,1-2H3;4H,1-3H3;3-4H2,1-2H3/b;;5-4+;. The Hall–Kier alpha value is -3.66. The molecular weight excluding hydrogens is 668 g/mol. The first-order chi connectivity index (χ1) is 24.6. The van der Waals surface area contributed by atoms with Gasteiger partial charge in [0.05, 0.1) is 35.7 Å². The van der Waals surface area contributed by atoms with Crippen molar-refractivity contribution in [3.8, 4) is 17.3 Å². The van der Waals surface area contributed by atoms with Gasteiger partial charge in [-0.3, -0.25) is 0 Å². The zero-order valence-electron chi connectivity index (χ0n) is 32.7. The number of aryl methyl sites for hydroxylation is 1. The van der Waals surface area contributed by atoms with Gasteiger partial charge in [-0.25, -0.2) is 32.5 Å². The van der Waals surface area contributed by atoms with Gasteiger partial charge in [-0.2, -0.15) is 4.98 Å². The Balaban J connectivity index is 0.000000401. The van der Waals surface area contributed by atoms with Crippen molar-refractivity contribution < 1.29 is 27.4 Å². The Morgan fingerprint density at radius 3 is 2.12 bits per heavy atom. The third kappa shape index (κ3) is 15.1. The first-order valence-corrected chi connectivity index (χ1v) is 18.6. The smallest absolute Gasteiger partial charge is 0.266 e. The van der Waals surface area contributed by atoms with E-state index in [-0.39, 0.29) is 42.1 Å². The molecule has 2 aromatic heterocycles. The number of nitrogens with zero attached hydrogens (tertiary/aromatic N) is 4. The first-order valence-electron chi connectivity index (χ1n) is 18.6. The predicted octanol–water partition coefficient (Wildman–Crippen LogP) is 11.9. The van der Waals surface area contributed by atoms with Crippen LogP contribution in [0.3, 0.4) is 0 Å². The van der Waals surface area contributed by atoms with Crippen LogP contribution in [0.25, 0.3) is 17.0 Å². The van der Waals surface area contributed by atoms with E-state index in [1.165, 1.54) is 51.4 Å². The zero-order chi connectivity index (χ0) is 39.0. The maximum absolute atomic E-state index is 13.2. The highest BCUT2D eigenvalue weighted by molar-refractivity contribution is 5.65. The van der Waals surface area contributed by atoms with Crippen molar-refractivity contribution in [2.75, 3.05) is 0 Å². The minimum Gasteiger partial charge on any atom is -0.473 e. The van der Waals surface area contributed by atoms with Gasteiger partial charge in [0.2, 0.25) is 12.3 Å². The Kier molecular flexibility index (Phi) is 18.6. The highest BCUT2D eigenvalue weighted by atomic mass is 19.3. The van der Waals surface area contributed by atoms with Gasteiger partial charge in [0.25, 0.3) is 5.92 Å². The molecule has 0 amide bonds. The molecule has 288 valence electrons. The summed E-state index contributed by atoms with van der Waals surface area (Å²) in [5.41, 5.74) is 5.87. The lowest BCUT2D eigenvalue weighted by atomic mass is 10.0. The molecule has 2 aliphatic carbocycles. The van der Waals surface area contributed by atoms with E-state index in [1.54, 1.807) is 13.0 Å². The summed E-state index contributed by atoms with van der Waals surface area (Å²) in [6.45, 7) is 20.8. The molecule has 0 bridgehead atoms. The number of benzene rings is 1. The van der Waals surface area contributed by atoms with Crippen LogP contribution in [0.2, 0.25) is 0 Å². The second-order valence-corrected chi connectivity index (χ2v) is 13.9. The number of aliphatic hydroxyl groups is 1. The average Bonchev–Trinajstić information content (AvgIpc) is 4.04. The van der Waals surface area contributed by atoms with Crippen molar-refractivity contribution in [1.29, 1.82) is 0 Å². The van der Waals surface area contributed by atoms with Crippen molar-refractivity contribution in [3.63, 3.8) is 0 Å². The summed E-state index contributed by atoms with van der Waals surface area (Å²) in [6, 6.07) is 7.53. The van der Waals surface area contributed by atoms with E-state index in [1.807, 2.05) is 32.0 Å². The van der Waals surface area contributed by atoms with Crippen LogP contribution in [0, 0.1) is 18.8 Å². The fourth-order valence-electron chi connectivity index (χ4n) is 5.09. The summed E-state index contributed by atoms with van der Waals surface area (Å²) in [5, 5.41) is 9.74. The van der Waals surface area contributed by atoms with Gasteiger partial charge >= 0.3 is 0 Å². The predicted molar refractivity (Wildman–Crippen MR) is 204 cm³/mol. The van der Waals surface area contributed by atoms with E-state index in [0.717, 1.165) is 53.9 Å². The molecule has 2 aliphatic rings. The minimum absolute atomic E-state index is 0.123. The summed E-state index contributed by atoms with van der Waals surface area (Å²) in [6.07, 6.45) is 8.55. The molecule has 1 aromatic carbocycles. The number of ether oxygens (including phenoxy) is 1. The van der Waals surface area contributed by atoms with E-state index < -0.39 is 18.8 Å². The van der Waals surface area contributed by atoms with Crippen molar-refractivity contribution in [1.82, 2.24) is 19.9 Å². The second-order valence-electron chi connectivity index (χ2n) is 13.9. The highest BCUT2D eigenvalue weighted by Gasteiger charge is 2.32. The topological polar surface area (TPSA) is 81.0 Å². The molecule has 6 nitrogen and oxygen atoms in total. The van der Waals surface area contributed by atoms with Crippen molar-refractivity contribution >= 4 is 5.57 Å². The zero-order valence-corrected chi connectivity index (χ0v) is 32.7. The molecule has 1 unspecified atom stereocenters. The summed E-state index contributed by atoms with van der Waals surface area (Å²) in [7, 11) is 0. The van der Waals surface area contributed by atoms with Crippen molar-refractivity contribution in [3.05, 3.63) is 82.6 Å². The Bertz CT molecular complexity index is 1580. The molecule has 0 radical (unpaired) electrons. The van der Waals surface area contributed by atoms with E-state index >= 15 is 0 Å². The summed E-state index contributed by atoms with van der Waals surface area (Å²) in [5.74, 6) is 0.127. The first kappa shape index (κ1) is 44.5. The van der Waals surface area contributed by atoms with Crippen LogP contribution in [-0.2, 0) is 19.6 Å². The van der Waals surface area contributed by atoms with Crippen LogP contribution in [-0.4, -0.2) is 37.4 Å². The summed E-state index contributed by atoms with van der Waals surface area (Å²) >= 11 is 0. The Labute approximate surface area is 309 Å². The van der Waals surface area contributed by atoms with Gasteiger partial charge in [0, 0.05) is 18.9 Å². The number of aromatic nitrogens is 4. The number of allylic oxidation sites excluding steroid dienone is 3. The van der Waals surface area contributed by atoms with E-state index in [4.69, 9.17) is 4.74 Å². The molecule has 2 saturated carbocycles. The number of alkyl halides is 4. The van der Waals surface area contributed by atoms with Crippen LogP contribution in [0.4, 0.5) is 17.6 Å². The van der Waals surface area contributed by atoms with Gasteiger partial charge in [0.1, 0.15) is 12.9 Å². The summed E-state index contributed by atoms with van der Waals surface area (Å²) < 4.78 is 56.5. The van der Waals surface area contributed by atoms with E-state index in [9.17, 15) is 22.7 Å². The third-order valence-electron chi connectivity index (χ3n) is 9.24. The maximum atomic E-state index is 13.2. The van der Waals surface area contributed by atoms with E-state index in [2.05, 4.69) is 54.2 Å². The normalized spacial score (nSPS) is 14.6. The van der Waals surface area contributed by atoms with Crippen molar-refractivity contribution in [2.45, 2.75) is 145 Å². The molecule has 0 aliphatic heterocycles. The van der Waals surface area contributed by atoms with Gasteiger partial charge in [-0.05, 0) is 87.5 Å². The number of hydrogen-bond donors (Lipinski definition) is 1. The van der Waals surface area contributed by atoms with Gasteiger partial charge in [-0.15, -0.1) is 0 Å². The molecule has 0 saturated heterocycles. The molecule has 3 aromatic rings. The van der Waals surface area contributed by atoms with Crippen molar-refractivity contribution in [2.24, 2.45) is 11.8 Å². The highest BCUT2D eigenvalue weighted by Crippen LogP contribution is 2.44. The maximum Gasteiger partial charge on any atom is 0.266 e. The lowest BCUT2D eigenvalue weighted by molar-refractivity contribution is 0.0633. The van der Waals surface area contributed by atoms with Crippen LogP contribution >= 0.6 is 0 Å². The Morgan fingerprint density at radius 1 is 1.04 bits per heavy atom. The SMILES string of the molecule is C/C=C(\C)C(C)(F)F.C=C(C)c1ccc(COc2cc(CO)nc(-c3c(CC(F)F)ncnc3C3CC3)n2)cc1C.CCC(C)C1CC1.CCCC. The van der Waals surface area contributed by atoms with Gasteiger partial charge < -0.3 is 9.84 Å². The quantitative estimate of drug-likeness (QED) is 0.139. The molecule has 1 atom stereocenters. The van der Waals surface area contributed by atoms with Crippen LogP contribution in [0.5, 0.6) is 5.88 Å². The van der Waals surface area contributed by atoms with Crippen LogP contribution in [0.1, 0.15) is 140 Å². The molecule has 2 fully saturated rings. The monoisotopic (exact) mass is 728 g/mol. The lowest BCUT2D eigenvalue weighted by Gasteiger charge is -2.14.